The molecule has 0 radical (unpaired) electrons. The molecule has 5 nitrogen and oxygen atoms in total. The summed E-state index contributed by atoms with van der Waals surface area (Å²) >= 11 is 0. The highest BCUT2D eigenvalue weighted by molar-refractivity contribution is 5.56. The summed E-state index contributed by atoms with van der Waals surface area (Å²) in [5.74, 6) is 3.09. The van der Waals surface area contributed by atoms with Gasteiger partial charge in [0.15, 0.2) is 11.5 Å². The summed E-state index contributed by atoms with van der Waals surface area (Å²) in [6, 6.07) is 13.2. The number of halogens is 1. The molecular formula is C29H36FN3O2. The second-order valence-corrected chi connectivity index (χ2v) is 9.96. The molecule has 1 aromatic heterocycles. The molecule has 0 bridgehead atoms. The van der Waals surface area contributed by atoms with Gasteiger partial charge in [-0.05, 0) is 74.1 Å². The fraction of sp³-hybridized carbons (Fsp3) is 0.483. The average molecular weight is 478 g/mol. The maximum Gasteiger partial charge on any atom is 0.231 e. The van der Waals surface area contributed by atoms with Crippen LogP contribution in [0, 0.1) is 11.7 Å². The first-order valence-electron chi connectivity index (χ1n) is 13.1. The summed E-state index contributed by atoms with van der Waals surface area (Å²) in [6.45, 7) is 7.63. The number of ether oxygens (including phenoxy) is 2. The van der Waals surface area contributed by atoms with E-state index in [1.165, 1.54) is 49.1 Å². The zero-order valence-corrected chi connectivity index (χ0v) is 20.9. The second-order valence-electron chi connectivity index (χ2n) is 9.96. The van der Waals surface area contributed by atoms with Crippen molar-refractivity contribution in [3.05, 3.63) is 65.7 Å². The molecule has 0 amide bonds. The van der Waals surface area contributed by atoms with Crippen LogP contribution in [0.4, 0.5) is 4.39 Å². The van der Waals surface area contributed by atoms with Crippen LogP contribution in [0.25, 0.3) is 11.4 Å². The number of hydrogen-bond acceptors (Lipinski definition) is 4. The first-order valence-corrected chi connectivity index (χ1v) is 13.1. The Balaban J connectivity index is 1.45. The van der Waals surface area contributed by atoms with Crippen LogP contribution in [0.3, 0.4) is 0 Å². The van der Waals surface area contributed by atoms with Gasteiger partial charge in [-0.1, -0.05) is 32.3 Å². The van der Waals surface area contributed by atoms with E-state index in [1.807, 2.05) is 24.4 Å². The SMILES string of the molecule is CCCCn1c(C(C)N(Cc2ccc3c(c2)OCO3)CC2CCCC2)cnc1-c1ccc(F)cc1. The molecule has 2 aromatic carbocycles. The van der Waals surface area contributed by atoms with Crippen molar-refractivity contribution in [1.82, 2.24) is 14.5 Å². The van der Waals surface area contributed by atoms with Gasteiger partial charge in [0.2, 0.25) is 6.79 Å². The molecule has 0 N–H and O–H groups in total. The molecule has 6 heteroatoms. The molecule has 2 heterocycles. The number of fused-ring (bicyclic) bond motifs is 1. The van der Waals surface area contributed by atoms with Crippen LogP contribution in [0.1, 0.15) is 69.7 Å². The van der Waals surface area contributed by atoms with E-state index in [1.54, 1.807) is 0 Å². The molecule has 186 valence electrons. The Labute approximate surface area is 207 Å². The normalized spacial score (nSPS) is 16.3. The second kappa shape index (κ2) is 10.8. The van der Waals surface area contributed by atoms with Crippen molar-refractivity contribution >= 4 is 0 Å². The van der Waals surface area contributed by atoms with Crippen molar-refractivity contribution in [3.63, 3.8) is 0 Å². The molecule has 0 saturated heterocycles. The fourth-order valence-corrected chi connectivity index (χ4v) is 5.45. The van der Waals surface area contributed by atoms with E-state index in [0.29, 0.717) is 6.79 Å². The van der Waals surface area contributed by atoms with E-state index in [2.05, 4.69) is 35.4 Å². The Bertz CT molecular complexity index is 1120. The van der Waals surface area contributed by atoms with Gasteiger partial charge in [0.25, 0.3) is 0 Å². The lowest BCUT2D eigenvalue weighted by atomic mass is 10.0. The first kappa shape index (κ1) is 23.9. The maximum absolute atomic E-state index is 13.6. The van der Waals surface area contributed by atoms with Crippen LogP contribution in [0.5, 0.6) is 11.5 Å². The maximum atomic E-state index is 13.6. The van der Waals surface area contributed by atoms with Crippen LogP contribution in [-0.2, 0) is 13.1 Å². The highest BCUT2D eigenvalue weighted by atomic mass is 19.1. The van der Waals surface area contributed by atoms with Gasteiger partial charge in [-0.2, -0.15) is 0 Å². The first-order chi connectivity index (χ1) is 17.1. The Kier molecular flexibility index (Phi) is 7.37. The quantitative estimate of drug-likeness (QED) is 0.316. The lowest BCUT2D eigenvalue weighted by molar-refractivity contribution is 0.163. The third-order valence-electron chi connectivity index (χ3n) is 7.49. The van der Waals surface area contributed by atoms with E-state index in [-0.39, 0.29) is 11.9 Å². The van der Waals surface area contributed by atoms with Gasteiger partial charge in [0, 0.05) is 31.2 Å². The molecule has 2 aliphatic rings. The number of unbranched alkanes of at least 4 members (excludes halogenated alkanes) is 1. The summed E-state index contributed by atoms with van der Waals surface area (Å²) in [4.78, 5) is 7.43. The summed E-state index contributed by atoms with van der Waals surface area (Å²) in [5.41, 5.74) is 3.41. The lowest BCUT2D eigenvalue weighted by Crippen LogP contribution is -2.32. The Morgan fingerprint density at radius 2 is 1.86 bits per heavy atom. The van der Waals surface area contributed by atoms with E-state index >= 15 is 0 Å². The van der Waals surface area contributed by atoms with E-state index < -0.39 is 0 Å². The third kappa shape index (κ3) is 5.37. The number of imidazole rings is 1. The zero-order valence-electron chi connectivity index (χ0n) is 20.9. The zero-order chi connectivity index (χ0) is 24.2. The number of benzene rings is 2. The van der Waals surface area contributed by atoms with Crippen molar-refractivity contribution in [2.75, 3.05) is 13.3 Å². The van der Waals surface area contributed by atoms with Crippen LogP contribution in [-0.4, -0.2) is 27.8 Å². The number of rotatable bonds is 10. The molecule has 1 aliphatic carbocycles. The minimum Gasteiger partial charge on any atom is -0.454 e. The standard InChI is InChI=1S/C29H36FN3O2/c1-3-4-15-33-26(17-31-29(33)24-10-12-25(30)13-11-24)21(2)32(18-22-7-5-6-8-22)19-23-9-14-27-28(16-23)35-20-34-27/h9-14,16-17,21-22H,3-8,15,18-20H2,1-2H3. The number of hydrogen-bond donors (Lipinski definition) is 0. The van der Waals surface area contributed by atoms with Gasteiger partial charge in [-0.15, -0.1) is 0 Å². The topological polar surface area (TPSA) is 39.5 Å². The van der Waals surface area contributed by atoms with Gasteiger partial charge < -0.3 is 14.0 Å². The van der Waals surface area contributed by atoms with Crippen molar-refractivity contribution in [2.24, 2.45) is 5.92 Å². The number of nitrogens with zero attached hydrogens (tertiary/aromatic N) is 3. The molecule has 5 rings (SSSR count). The molecule has 1 atom stereocenters. The van der Waals surface area contributed by atoms with Crippen LogP contribution < -0.4 is 9.47 Å². The van der Waals surface area contributed by atoms with E-state index in [9.17, 15) is 4.39 Å². The highest BCUT2D eigenvalue weighted by Crippen LogP contribution is 2.35. The van der Waals surface area contributed by atoms with Crippen molar-refractivity contribution in [2.45, 2.75) is 71.5 Å². The minimum atomic E-state index is -0.222. The Morgan fingerprint density at radius 3 is 2.63 bits per heavy atom. The Hall–Kier alpha value is -2.86. The molecule has 1 fully saturated rings. The van der Waals surface area contributed by atoms with Crippen molar-refractivity contribution in [1.29, 1.82) is 0 Å². The smallest absolute Gasteiger partial charge is 0.231 e. The van der Waals surface area contributed by atoms with Crippen molar-refractivity contribution < 1.29 is 13.9 Å². The Morgan fingerprint density at radius 1 is 1.09 bits per heavy atom. The van der Waals surface area contributed by atoms with Crippen LogP contribution in [0.15, 0.2) is 48.7 Å². The average Bonchev–Trinajstić information content (AvgIpc) is 3.63. The molecule has 3 aromatic rings. The summed E-state index contributed by atoms with van der Waals surface area (Å²) in [7, 11) is 0. The van der Waals surface area contributed by atoms with E-state index in [0.717, 1.165) is 61.3 Å². The van der Waals surface area contributed by atoms with E-state index in [4.69, 9.17) is 14.5 Å². The van der Waals surface area contributed by atoms with Gasteiger partial charge >= 0.3 is 0 Å². The molecular weight excluding hydrogens is 441 g/mol. The molecule has 35 heavy (non-hydrogen) atoms. The molecule has 0 spiro atoms. The predicted octanol–water partition coefficient (Wildman–Crippen LogP) is 6.97. The van der Waals surface area contributed by atoms with Gasteiger partial charge in [0.05, 0.1) is 11.9 Å². The highest BCUT2D eigenvalue weighted by Gasteiger charge is 2.27. The number of aromatic nitrogens is 2. The van der Waals surface area contributed by atoms with Gasteiger partial charge in [-0.3, -0.25) is 4.90 Å². The van der Waals surface area contributed by atoms with Crippen LogP contribution >= 0.6 is 0 Å². The predicted molar refractivity (Wildman–Crippen MR) is 136 cm³/mol. The summed E-state index contributed by atoms with van der Waals surface area (Å²) < 4.78 is 27.1. The molecule has 1 unspecified atom stereocenters. The van der Waals surface area contributed by atoms with Gasteiger partial charge in [-0.25, -0.2) is 9.37 Å². The monoisotopic (exact) mass is 477 g/mol. The lowest BCUT2D eigenvalue weighted by Gasteiger charge is -2.32. The molecule has 1 saturated carbocycles. The van der Waals surface area contributed by atoms with Crippen LogP contribution in [0.2, 0.25) is 0 Å². The minimum absolute atomic E-state index is 0.194. The fourth-order valence-electron chi connectivity index (χ4n) is 5.45. The summed E-state index contributed by atoms with van der Waals surface area (Å²) in [5, 5.41) is 0. The van der Waals surface area contributed by atoms with Crippen molar-refractivity contribution in [3.8, 4) is 22.9 Å². The largest absolute Gasteiger partial charge is 0.454 e. The molecule has 1 aliphatic heterocycles. The summed E-state index contributed by atoms with van der Waals surface area (Å²) in [6.07, 6.45) is 9.49. The third-order valence-corrected chi connectivity index (χ3v) is 7.49. The van der Waals surface area contributed by atoms with Gasteiger partial charge in [0.1, 0.15) is 11.6 Å².